The fourth-order valence-corrected chi connectivity index (χ4v) is 25.4. The molecule has 4 aromatic rings. The average molecular weight is 1650 g/mol. The van der Waals surface area contributed by atoms with E-state index in [1.54, 1.807) is 4.90 Å². The van der Waals surface area contributed by atoms with Crippen LogP contribution in [0.1, 0.15) is 160 Å². The first-order valence-electron chi connectivity index (χ1n) is 40.9. The van der Waals surface area contributed by atoms with E-state index in [9.17, 15) is 57.2 Å². The summed E-state index contributed by atoms with van der Waals surface area (Å²) in [7, 11) is -12.7. The highest BCUT2D eigenvalue weighted by molar-refractivity contribution is 8.00. The van der Waals surface area contributed by atoms with Crippen molar-refractivity contribution < 1.29 is 57.2 Å². The van der Waals surface area contributed by atoms with Crippen LogP contribution in [0.5, 0.6) is 0 Å². The first kappa shape index (κ1) is 79.8. The van der Waals surface area contributed by atoms with Crippen LogP contribution in [0.3, 0.4) is 0 Å². The number of aryl methyl sites for hydroxylation is 8. The number of hydrogen-bond acceptors (Lipinski definition) is 20. The summed E-state index contributed by atoms with van der Waals surface area (Å²) in [5, 5.41) is 17.6. The summed E-state index contributed by atoms with van der Waals surface area (Å²) in [4.78, 5) is 60.6. The lowest BCUT2D eigenvalue weighted by Crippen LogP contribution is -2.68. The Balaban J connectivity index is 0.000000114. The number of carbonyl (C=O) groups is 4. The van der Waals surface area contributed by atoms with Gasteiger partial charge in [0.15, 0.2) is 5.66 Å². The number of sulfonamides is 4. The van der Waals surface area contributed by atoms with Crippen LogP contribution in [0.4, 0.5) is 46.3 Å². The summed E-state index contributed by atoms with van der Waals surface area (Å²) in [5.74, 6) is 4.79. The number of fused-ring (bicyclic) bond motifs is 8. The molecular formula is C80H106FN15O12S5. The fourth-order valence-electron chi connectivity index (χ4n) is 19.5. The molecule has 15 aliphatic rings. The molecule has 0 bridgehead atoms. The van der Waals surface area contributed by atoms with Crippen LogP contribution in [0.15, 0.2) is 34.5 Å². The van der Waals surface area contributed by atoms with E-state index in [-0.39, 0.29) is 25.3 Å². The first-order valence-corrected chi connectivity index (χ1v) is 48.2. The third kappa shape index (κ3) is 17.3. The van der Waals surface area contributed by atoms with Crippen molar-refractivity contribution in [3.63, 3.8) is 0 Å². The van der Waals surface area contributed by atoms with Gasteiger partial charge in [-0.1, -0.05) is 24.3 Å². The van der Waals surface area contributed by atoms with Crippen molar-refractivity contribution in [2.75, 3.05) is 125 Å². The van der Waals surface area contributed by atoms with Crippen LogP contribution in [-0.2, 0) is 143 Å². The Labute approximate surface area is 668 Å². The Morgan fingerprint density at radius 2 is 0.690 bits per heavy atom. The number of nitrogens with zero attached hydrogens (tertiary/aromatic N) is 7. The van der Waals surface area contributed by atoms with Crippen molar-refractivity contribution in [1.29, 1.82) is 0 Å². The number of nitrogens with one attached hydrogen (secondary N) is 8. The highest BCUT2D eigenvalue weighted by Crippen LogP contribution is 2.44. The zero-order chi connectivity index (χ0) is 78.7. The number of terminal acetylenes is 1. The van der Waals surface area contributed by atoms with E-state index in [0.29, 0.717) is 57.8 Å². The molecule has 610 valence electrons. The number of benzene rings is 4. The predicted octanol–water partition coefficient (Wildman–Crippen LogP) is 7.56. The quantitative estimate of drug-likeness (QED) is 0.0373. The molecule has 4 aromatic carbocycles. The highest BCUT2D eigenvalue weighted by Gasteiger charge is 2.47. The van der Waals surface area contributed by atoms with Gasteiger partial charge in [-0.05, 0) is 250 Å². The van der Waals surface area contributed by atoms with Crippen molar-refractivity contribution in [2.45, 2.75) is 212 Å². The molecule has 8 amide bonds. The molecule has 33 heteroatoms. The molecule has 113 heavy (non-hydrogen) atoms. The Bertz CT molecular complexity index is 4850. The van der Waals surface area contributed by atoms with Gasteiger partial charge in [0.25, 0.3) is 0 Å². The monoisotopic (exact) mass is 1650 g/mol. The van der Waals surface area contributed by atoms with Gasteiger partial charge in [0.2, 0.25) is 40.1 Å². The molecular weight excluding hydrogens is 1540 g/mol. The molecule has 0 aromatic heterocycles. The smallest absolute Gasteiger partial charge is 0.307 e. The van der Waals surface area contributed by atoms with Crippen molar-refractivity contribution in [3.05, 3.63) is 113 Å². The largest absolute Gasteiger partial charge is 0.332 e. The Morgan fingerprint density at radius 1 is 0.416 bits per heavy atom. The molecule has 0 spiro atoms. The van der Waals surface area contributed by atoms with Crippen molar-refractivity contribution >= 4 is 98.7 Å². The number of alkyl halides is 1. The summed E-state index contributed by atoms with van der Waals surface area (Å²) in [6.07, 6.45) is 32.0. The topological polar surface area (TPSA) is 342 Å². The molecule has 0 radical (unpaired) electrons. The van der Waals surface area contributed by atoms with Crippen LogP contribution < -0.4 is 40.2 Å². The molecule has 0 unspecified atom stereocenters. The number of likely N-dealkylation sites (N-methyl/N-ethyl adjacent to an activating group) is 1. The SMILES string of the molecule is C#CCCC1(CCN2CC(S(=O)(=O)NC(=O)Nc3c4c(cc5c3CCC5)CCC4)C2)N=N1.CN1CC(N2CC(S(=O)(=O)NC(=O)Nc3c4c(cc5c3CCC5)CCC4)C2)C1.O=C(Nc1c2c(cc3c1CCC3)CCC2)NS(=O)(=O)C1CN(C2CSC2)C1.O=C(Nc1c2c(cc3c1CCC3)CCC2)NS(=O)(=O)C1CN(CCF)C1. The Kier molecular flexibility index (Phi) is 23.2. The van der Waals surface area contributed by atoms with E-state index in [1.807, 2.05) is 11.8 Å². The number of carbonyl (C=O) groups excluding carboxylic acids is 4. The van der Waals surface area contributed by atoms with Crippen molar-refractivity contribution in [1.82, 2.24) is 43.4 Å². The number of urea groups is 4. The van der Waals surface area contributed by atoms with Gasteiger partial charge >= 0.3 is 24.1 Å². The number of thioether (sulfide) groups is 1. The van der Waals surface area contributed by atoms with Gasteiger partial charge < -0.3 is 31.1 Å². The molecule has 7 heterocycles. The van der Waals surface area contributed by atoms with E-state index in [0.717, 1.165) is 232 Å². The summed E-state index contributed by atoms with van der Waals surface area (Å²) in [6.45, 7) is 5.88. The zero-order valence-electron chi connectivity index (χ0n) is 64.5. The lowest BCUT2D eigenvalue weighted by atomic mass is 9.99. The summed E-state index contributed by atoms with van der Waals surface area (Å²) < 4.78 is 122. The summed E-state index contributed by atoms with van der Waals surface area (Å²) >= 11 is 1.89. The van der Waals surface area contributed by atoms with Crippen molar-refractivity contribution in [3.8, 4) is 12.3 Å². The Morgan fingerprint density at radius 3 is 0.938 bits per heavy atom. The second-order valence-corrected chi connectivity index (χ2v) is 42.6. The van der Waals surface area contributed by atoms with Gasteiger partial charge in [0, 0.05) is 144 Å². The lowest BCUT2D eigenvalue weighted by Gasteiger charge is -2.50. The summed E-state index contributed by atoms with van der Waals surface area (Å²) in [5.41, 5.74) is 23.0. The van der Waals surface area contributed by atoms with Gasteiger partial charge in [-0.3, -0.25) is 14.7 Å². The molecule has 6 fully saturated rings. The normalized spacial score (nSPS) is 21.6. The van der Waals surface area contributed by atoms with Crippen LogP contribution in [-0.4, -0.2) is 225 Å². The number of amides is 8. The fraction of sp³-hybridized carbons (Fsp3) is 0.625. The maximum atomic E-state index is 12.7. The number of halogens is 1. The van der Waals surface area contributed by atoms with E-state index in [1.165, 1.54) is 77.9 Å². The zero-order valence-corrected chi connectivity index (χ0v) is 68.6. The van der Waals surface area contributed by atoms with E-state index in [2.05, 4.69) is 107 Å². The standard InChI is InChI=1S/C23H29N5O3S.C20H28N4O3S.C19H25N3O3S2.C18H24FN3O3S/c1-2-3-10-23(26-27-23)11-12-28-14-18(15-28)32(30,31)25-22(29)24-21-19-8-4-6-16(19)13-17-7-5-9-20(17)21;1-23-9-15(10-23)24-11-16(12-24)28(26,27)22-20(25)21-19-17-6-2-4-13(17)8-14-5-3-7-18(14)19;23-19(21-27(24,25)15-8-22(9-15)14-10-26-11-14)20-18-16-5-1-3-12(16)7-13-4-2-6-17(13)18;19-7-8-22-10-14(11-22)26(24,25)21-18(23)20-17-15-5-1-3-12(15)9-13-4-2-6-16(13)17/h1,13,18H,3-12,14-15H2,(H2,24,25,29);8,15-16H,2-7,9-12H2,1H3,(H2,21,22,25);7,14-15H,1-6,8-11H2,(H2,20,21,23);9,14H,1-8,10-11H2,(H2,20,21,23). The minimum absolute atomic E-state index is 0.237. The van der Waals surface area contributed by atoms with E-state index < -0.39 is 91.9 Å². The van der Waals surface area contributed by atoms with Gasteiger partial charge in [-0.15, -0.1) is 12.3 Å². The second-order valence-electron chi connectivity index (χ2n) is 33.6. The first-order chi connectivity index (χ1) is 54.3. The Hall–Kier alpha value is -7.00. The number of rotatable bonds is 21. The molecule has 19 rings (SSSR count). The molecule has 0 saturated carbocycles. The van der Waals surface area contributed by atoms with Gasteiger partial charge in [-0.25, -0.2) is 76.1 Å². The minimum atomic E-state index is -3.75. The van der Waals surface area contributed by atoms with Crippen molar-refractivity contribution in [2.24, 2.45) is 10.2 Å². The van der Waals surface area contributed by atoms with E-state index in [4.69, 9.17) is 6.42 Å². The number of anilines is 4. The third-order valence-electron chi connectivity index (χ3n) is 26.1. The van der Waals surface area contributed by atoms with Gasteiger partial charge in [0.1, 0.15) is 27.7 Å². The minimum Gasteiger partial charge on any atom is -0.307 e. The molecule has 27 nitrogen and oxygen atoms in total. The van der Waals surface area contributed by atoms with Gasteiger partial charge in [0.05, 0.1) is 0 Å². The molecule has 8 aliphatic carbocycles. The highest BCUT2D eigenvalue weighted by atomic mass is 32.2. The van der Waals surface area contributed by atoms with Crippen LogP contribution >= 0.6 is 11.8 Å². The lowest BCUT2D eigenvalue weighted by molar-refractivity contribution is 0.0163. The average Bonchev–Trinajstić information content (AvgIpc) is 1.03. The molecule has 8 N–H and O–H groups in total. The second kappa shape index (κ2) is 32.8. The maximum absolute atomic E-state index is 12.7. The maximum Gasteiger partial charge on any atom is 0.332 e. The molecule has 7 aliphatic heterocycles. The van der Waals surface area contributed by atoms with Gasteiger partial charge in [-0.2, -0.15) is 22.0 Å². The predicted molar refractivity (Wildman–Crippen MR) is 436 cm³/mol. The molecule has 6 saturated heterocycles. The van der Waals surface area contributed by atoms with Crippen LogP contribution in [0.2, 0.25) is 0 Å². The number of hydrogen-bond donors (Lipinski definition) is 8. The molecule has 0 atom stereocenters. The van der Waals surface area contributed by atoms with Crippen LogP contribution in [0, 0.1) is 12.3 Å². The van der Waals surface area contributed by atoms with E-state index >= 15 is 0 Å². The summed E-state index contributed by atoms with van der Waals surface area (Å²) in [6, 6.07) is 7.55. The third-order valence-corrected chi connectivity index (χ3v) is 33.9. The number of likely N-dealkylation sites (tertiary alicyclic amines) is 5. The van der Waals surface area contributed by atoms with Crippen LogP contribution in [0.25, 0.3) is 0 Å².